The van der Waals surface area contributed by atoms with Crippen LogP contribution in [0.3, 0.4) is 0 Å². The Kier molecular flexibility index (Phi) is 7.24. The quantitative estimate of drug-likeness (QED) is 0.621. The van der Waals surface area contributed by atoms with E-state index in [0.29, 0.717) is 6.54 Å². The zero-order chi connectivity index (χ0) is 24.4. The molecule has 0 radical (unpaired) electrons. The molecule has 2 aromatic rings. The highest BCUT2D eigenvalue weighted by Gasteiger charge is 2.46. The highest BCUT2D eigenvalue weighted by molar-refractivity contribution is 5.97. The third-order valence-electron chi connectivity index (χ3n) is 8.48. The number of piperazine rings is 1. The molecule has 186 valence electrons. The predicted octanol–water partition coefficient (Wildman–Crippen LogP) is 4.33. The van der Waals surface area contributed by atoms with Crippen LogP contribution in [0, 0.1) is 11.8 Å². The van der Waals surface area contributed by atoms with Crippen LogP contribution in [0.5, 0.6) is 0 Å². The fourth-order valence-electron chi connectivity index (χ4n) is 6.43. The zero-order valence-electron chi connectivity index (χ0n) is 21.2. The Bertz CT molecular complexity index is 1010. The molecule has 2 amide bonds. The van der Waals surface area contributed by atoms with Crippen LogP contribution in [-0.2, 0) is 35.5 Å². The summed E-state index contributed by atoms with van der Waals surface area (Å²) in [7, 11) is 0. The van der Waals surface area contributed by atoms with Crippen LogP contribution in [0.1, 0.15) is 61.8 Å². The van der Waals surface area contributed by atoms with E-state index in [1.54, 1.807) is 0 Å². The average Bonchev–Trinajstić information content (AvgIpc) is 3.54. The molecule has 5 rings (SSSR count). The van der Waals surface area contributed by atoms with Gasteiger partial charge in [-0.3, -0.25) is 14.5 Å². The first-order valence-corrected chi connectivity index (χ1v) is 13.5. The molecule has 5 nitrogen and oxygen atoms in total. The van der Waals surface area contributed by atoms with E-state index in [1.807, 2.05) is 4.90 Å². The van der Waals surface area contributed by atoms with Crippen LogP contribution in [0.2, 0.25) is 0 Å². The Morgan fingerprint density at radius 1 is 0.857 bits per heavy atom. The minimum Gasteiger partial charge on any atom is -0.342 e. The van der Waals surface area contributed by atoms with E-state index in [0.717, 1.165) is 37.8 Å². The van der Waals surface area contributed by atoms with Gasteiger partial charge in [0.25, 0.3) is 0 Å². The summed E-state index contributed by atoms with van der Waals surface area (Å²) in [6, 6.07) is 16.3. The first-order chi connectivity index (χ1) is 17.1. The number of fused-ring (bicyclic) bond motifs is 1. The minimum absolute atomic E-state index is 0.0184. The van der Waals surface area contributed by atoms with Gasteiger partial charge in [0.1, 0.15) is 12.1 Å². The van der Waals surface area contributed by atoms with Crippen molar-refractivity contribution in [2.75, 3.05) is 13.1 Å². The van der Waals surface area contributed by atoms with Gasteiger partial charge in [0, 0.05) is 13.1 Å². The van der Waals surface area contributed by atoms with Crippen LogP contribution < -0.4 is 5.32 Å². The second-order valence-corrected chi connectivity index (χ2v) is 10.7. The molecule has 2 fully saturated rings. The number of carbonyl (C=O) groups excluding carboxylic acids is 2. The maximum atomic E-state index is 14.0. The average molecular weight is 474 g/mol. The van der Waals surface area contributed by atoms with Crippen molar-refractivity contribution >= 4 is 11.8 Å². The van der Waals surface area contributed by atoms with Gasteiger partial charge in [-0.25, -0.2) is 0 Å². The Morgan fingerprint density at radius 3 is 2.00 bits per heavy atom. The molecule has 2 aliphatic heterocycles. The maximum Gasteiger partial charge on any atom is 0.246 e. The highest BCUT2D eigenvalue weighted by atomic mass is 16.2. The number of hydrogen-bond acceptors (Lipinski definition) is 3. The largest absolute Gasteiger partial charge is 0.342 e. The van der Waals surface area contributed by atoms with Gasteiger partial charge in [-0.15, -0.1) is 0 Å². The summed E-state index contributed by atoms with van der Waals surface area (Å²) in [5, 5.41) is 3.17. The van der Waals surface area contributed by atoms with Gasteiger partial charge in [-0.05, 0) is 72.9 Å². The fourth-order valence-corrected chi connectivity index (χ4v) is 6.43. The van der Waals surface area contributed by atoms with E-state index in [2.05, 4.69) is 72.6 Å². The molecule has 1 N–H and O–H groups in total. The number of likely N-dealkylation sites (tertiary alicyclic amines) is 1. The summed E-state index contributed by atoms with van der Waals surface area (Å²) in [6.45, 7) is 8.10. The van der Waals surface area contributed by atoms with Crippen LogP contribution in [0.4, 0.5) is 0 Å². The lowest BCUT2D eigenvalue weighted by molar-refractivity contribution is -0.154. The number of benzene rings is 2. The lowest BCUT2D eigenvalue weighted by Crippen LogP contribution is -2.66. The first-order valence-electron chi connectivity index (χ1n) is 13.5. The SMILES string of the molecule is CCC(CC)[C@@H]1C(=O)N[C@H](C2Cc3ccccc3C2)C(=O)N1Cc1ccc(CN2CCCC2)cc1. The van der Waals surface area contributed by atoms with Gasteiger partial charge < -0.3 is 10.2 Å². The van der Waals surface area contributed by atoms with Gasteiger partial charge >= 0.3 is 0 Å². The predicted molar refractivity (Wildman–Crippen MR) is 139 cm³/mol. The summed E-state index contributed by atoms with van der Waals surface area (Å²) in [6.07, 6.45) is 6.05. The van der Waals surface area contributed by atoms with E-state index >= 15 is 0 Å². The van der Waals surface area contributed by atoms with Crippen molar-refractivity contribution in [2.45, 2.75) is 77.5 Å². The maximum absolute atomic E-state index is 14.0. The molecule has 2 saturated heterocycles. The van der Waals surface area contributed by atoms with Crippen molar-refractivity contribution in [1.82, 2.24) is 15.1 Å². The number of amides is 2. The lowest BCUT2D eigenvalue weighted by Gasteiger charge is -2.43. The second-order valence-electron chi connectivity index (χ2n) is 10.7. The van der Waals surface area contributed by atoms with Gasteiger partial charge in [0.15, 0.2) is 0 Å². The molecular weight excluding hydrogens is 434 g/mol. The summed E-state index contributed by atoms with van der Waals surface area (Å²) in [5.41, 5.74) is 5.03. The highest BCUT2D eigenvalue weighted by Crippen LogP contribution is 2.33. The van der Waals surface area contributed by atoms with Crippen molar-refractivity contribution in [3.63, 3.8) is 0 Å². The third kappa shape index (κ3) is 5.02. The first kappa shape index (κ1) is 24.1. The molecule has 0 bridgehead atoms. The van der Waals surface area contributed by atoms with E-state index in [1.165, 1.54) is 42.6 Å². The Morgan fingerprint density at radius 2 is 1.43 bits per heavy atom. The standard InChI is InChI=1S/C30H39N3O2/c1-3-23(4-2)28-29(34)31-27(26-17-24-9-5-6-10-25(24)18-26)30(35)33(28)20-22-13-11-21(12-14-22)19-32-15-7-8-16-32/h5-6,9-14,23,26-28H,3-4,7-8,15-20H2,1-2H3,(H,31,34)/t27-,28-/m1/s1. The van der Waals surface area contributed by atoms with Crippen LogP contribution in [0.15, 0.2) is 48.5 Å². The summed E-state index contributed by atoms with van der Waals surface area (Å²) < 4.78 is 0. The minimum atomic E-state index is -0.449. The van der Waals surface area contributed by atoms with Crippen molar-refractivity contribution in [1.29, 1.82) is 0 Å². The van der Waals surface area contributed by atoms with E-state index in [-0.39, 0.29) is 23.7 Å². The molecule has 0 saturated carbocycles. The molecule has 2 aromatic carbocycles. The number of nitrogens with zero attached hydrogens (tertiary/aromatic N) is 2. The second kappa shape index (κ2) is 10.5. The summed E-state index contributed by atoms with van der Waals surface area (Å²) in [5.74, 6) is 0.386. The van der Waals surface area contributed by atoms with Gasteiger partial charge in [0.05, 0.1) is 0 Å². The van der Waals surface area contributed by atoms with E-state index < -0.39 is 12.1 Å². The van der Waals surface area contributed by atoms with Crippen molar-refractivity contribution in [3.8, 4) is 0 Å². The van der Waals surface area contributed by atoms with Crippen LogP contribution >= 0.6 is 0 Å². The Labute approximate surface area is 209 Å². The molecule has 3 aliphatic rings. The van der Waals surface area contributed by atoms with Gasteiger partial charge in [-0.1, -0.05) is 75.2 Å². The van der Waals surface area contributed by atoms with Crippen molar-refractivity contribution in [3.05, 3.63) is 70.8 Å². The molecule has 5 heteroatoms. The number of hydrogen-bond donors (Lipinski definition) is 1. The molecule has 35 heavy (non-hydrogen) atoms. The molecule has 0 spiro atoms. The molecule has 2 atom stereocenters. The molecule has 2 heterocycles. The van der Waals surface area contributed by atoms with E-state index in [9.17, 15) is 9.59 Å². The van der Waals surface area contributed by atoms with Crippen LogP contribution in [0.25, 0.3) is 0 Å². The third-order valence-corrected chi connectivity index (χ3v) is 8.48. The Balaban J connectivity index is 1.35. The topological polar surface area (TPSA) is 52.7 Å². The monoisotopic (exact) mass is 473 g/mol. The molecule has 0 unspecified atom stereocenters. The van der Waals surface area contributed by atoms with Gasteiger partial charge in [0.2, 0.25) is 11.8 Å². The lowest BCUT2D eigenvalue weighted by atomic mass is 9.86. The smallest absolute Gasteiger partial charge is 0.246 e. The summed E-state index contributed by atoms with van der Waals surface area (Å²) >= 11 is 0. The zero-order valence-corrected chi connectivity index (χ0v) is 21.2. The van der Waals surface area contributed by atoms with Crippen molar-refractivity contribution < 1.29 is 9.59 Å². The molecule has 1 aliphatic carbocycles. The summed E-state index contributed by atoms with van der Waals surface area (Å²) in [4.78, 5) is 31.8. The van der Waals surface area contributed by atoms with Crippen LogP contribution in [-0.4, -0.2) is 46.8 Å². The van der Waals surface area contributed by atoms with Gasteiger partial charge in [-0.2, -0.15) is 0 Å². The van der Waals surface area contributed by atoms with Crippen molar-refractivity contribution in [2.24, 2.45) is 11.8 Å². The number of nitrogens with one attached hydrogen (secondary N) is 1. The normalized spacial score (nSPS) is 23.2. The Hall–Kier alpha value is -2.66. The fraction of sp³-hybridized carbons (Fsp3) is 0.533. The number of carbonyl (C=O) groups is 2. The molecule has 0 aromatic heterocycles. The van der Waals surface area contributed by atoms with E-state index in [4.69, 9.17) is 0 Å². The molecular formula is C30H39N3O2. The number of rotatable bonds is 8.